The minimum absolute atomic E-state index is 0.119. The minimum atomic E-state index is -0.318. The number of aromatic nitrogens is 2. The molecule has 2 aromatic rings. The van der Waals surface area contributed by atoms with Gasteiger partial charge >= 0.3 is 0 Å². The average Bonchev–Trinajstić information content (AvgIpc) is 2.48. The summed E-state index contributed by atoms with van der Waals surface area (Å²) in [6.07, 6.45) is 0. The lowest BCUT2D eigenvalue weighted by Gasteiger charge is -2.16. The highest BCUT2D eigenvalue weighted by Crippen LogP contribution is 2.32. The molecule has 1 aromatic heterocycles. The van der Waals surface area contributed by atoms with Gasteiger partial charge in [-0.1, -0.05) is 11.6 Å². The van der Waals surface area contributed by atoms with Crippen LogP contribution in [0.2, 0.25) is 5.02 Å². The second-order valence-corrected chi connectivity index (χ2v) is 5.30. The summed E-state index contributed by atoms with van der Waals surface area (Å²) in [5.41, 5.74) is 6.48. The van der Waals surface area contributed by atoms with Gasteiger partial charge in [-0.3, -0.25) is 9.78 Å². The standard InChI is InChI=1S/C14H16ClN3O3S/c15-9-1-2-12(21-6-5-19)10(7-9)11-8-13(20)17-14(22)18(11)4-3-16/h1-2,7-8,19H,3-6,16H2,(H,17,20,22). The van der Waals surface area contributed by atoms with Crippen LogP contribution in [0.4, 0.5) is 0 Å². The number of benzene rings is 1. The summed E-state index contributed by atoms with van der Waals surface area (Å²) in [5.74, 6) is 0.504. The first-order valence-electron chi connectivity index (χ1n) is 6.64. The van der Waals surface area contributed by atoms with Crippen molar-refractivity contribution in [2.24, 2.45) is 5.73 Å². The summed E-state index contributed by atoms with van der Waals surface area (Å²) >= 11 is 11.3. The van der Waals surface area contributed by atoms with E-state index in [1.54, 1.807) is 22.8 Å². The van der Waals surface area contributed by atoms with Crippen LogP contribution in [0.25, 0.3) is 11.3 Å². The fraction of sp³-hybridized carbons (Fsp3) is 0.286. The van der Waals surface area contributed by atoms with Gasteiger partial charge in [0.2, 0.25) is 0 Å². The minimum Gasteiger partial charge on any atom is -0.490 e. The Bertz CT molecular complexity index is 773. The molecule has 6 nitrogen and oxygen atoms in total. The zero-order valence-electron chi connectivity index (χ0n) is 11.7. The molecular weight excluding hydrogens is 326 g/mol. The van der Waals surface area contributed by atoms with E-state index < -0.39 is 0 Å². The van der Waals surface area contributed by atoms with Crippen molar-refractivity contribution in [3.63, 3.8) is 0 Å². The van der Waals surface area contributed by atoms with Gasteiger partial charge in [0.05, 0.1) is 12.3 Å². The molecule has 8 heteroatoms. The molecule has 1 aromatic carbocycles. The first-order valence-corrected chi connectivity index (χ1v) is 7.43. The van der Waals surface area contributed by atoms with Crippen molar-refractivity contribution in [2.75, 3.05) is 19.8 Å². The SMILES string of the molecule is NCCn1c(-c2cc(Cl)ccc2OCCO)cc(=O)[nH]c1=S. The van der Waals surface area contributed by atoms with E-state index in [-0.39, 0.29) is 23.5 Å². The van der Waals surface area contributed by atoms with Gasteiger partial charge in [-0.25, -0.2) is 0 Å². The smallest absolute Gasteiger partial charge is 0.252 e. The first-order chi connectivity index (χ1) is 10.6. The van der Waals surface area contributed by atoms with E-state index in [0.29, 0.717) is 35.1 Å². The van der Waals surface area contributed by atoms with Gasteiger partial charge in [0.15, 0.2) is 4.77 Å². The van der Waals surface area contributed by atoms with E-state index in [1.165, 1.54) is 6.07 Å². The number of nitrogens with one attached hydrogen (secondary N) is 1. The van der Waals surface area contributed by atoms with Crippen LogP contribution in [-0.4, -0.2) is 34.4 Å². The Morgan fingerprint density at radius 3 is 2.86 bits per heavy atom. The predicted molar refractivity (Wildman–Crippen MR) is 88.0 cm³/mol. The number of halogens is 1. The van der Waals surface area contributed by atoms with Gasteiger partial charge in [-0.2, -0.15) is 0 Å². The molecule has 118 valence electrons. The Balaban J connectivity index is 2.67. The number of aliphatic hydroxyl groups is 1. The monoisotopic (exact) mass is 341 g/mol. The Hall–Kier alpha value is -1.67. The third-order valence-electron chi connectivity index (χ3n) is 2.95. The third kappa shape index (κ3) is 3.75. The van der Waals surface area contributed by atoms with Crippen LogP contribution in [0.1, 0.15) is 0 Å². The van der Waals surface area contributed by atoms with Crippen LogP contribution in [0, 0.1) is 4.77 Å². The number of hydrogen-bond acceptors (Lipinski definition) is 5. The van der Waals surface area contributed by atoms with Crippen molar-refractivity contribution >= 4 is 23.8 Å². The maximum Gasteiger partial charge on any atom is 0.252 e. The van der Waals surface area contributed by atoms with E-state index in [0.717, 1.165) is 0 Å². The maximum atomic E-state index is 11.8. The molecule has 22 heavy (non-hydrogen) atoms. The molecule has 0 atom stereocenters. The summed E-state index contributed by atoms with van der Waals surface area (Å²) in [6.45, 7) is 0.819. The number of nitrogens with zero attached hydrogens (tertiary/aromatic N) is 1. The summed E-state index contributed by atoms with van der Waals surface area (Å²) in [5, 5.41) is 9.42. The molecule has 0 radical (unpaired) electrons. The van der Waals surface area contributed by atoms with E-state index in [1.807, 2.05) is 0 Å². The number of rotatable bonds is 6. The zero-order valence-corrected chi connectivity index (χ0v) is 13.3. The highest BCUT2D eigenvalue weighted by Gasteiger charge is 2.13. The van der Waals surface area contributed by atoms with Gasteiger partial charge in [-0.15, -0.1) is 0 Å². The van der Waals surface area contributed by atoms with E-state index >= 15 is 0 Å². The highest BCUT2D eigenvalue weighted by atomic mass is 35.5. The maximum absolute atomic E-state index is 11.8. The number of aromatic amines is 1. The van der Waals surface area contributed by atoms with E-state index in [2.05, 4.69) is 4.98 Å². The van der Waals surface area contributed by atoms with Gasteiger partial charge in [0, 0.05) is 29.7 Å². The van der Waals surface area contributed by atoms with Gasteiger partial charge in [0.25, 0.3) is 5.56 Å². The summed E-state index contributed by atoms with van der Waals surface area (Å²) in [6, 6.07) is 6.46. The molecule has 0 saturated heterocycles. The summed E-state index contributed by atoms with van der Waals surface area (Å²) in [7, 11) is 0. The molecule has 0 aliphatic heterocycles. The lowest BCUT2D eigenvalue weighted by Crippen LogP contribution is -2.19. The quantitative estimate of drug-likeness (QED) is 0.693. The van der Waals surface area contributed by atoms with Gasteiger partial charge < -0.3 is 20.1 Å². The Morgan fingerprint density at radius 1 is 1.41 bits per heavy atom. The second kappa shape index (κ2) is 7.55. The van der Waals surface area contributed by atoms with Gasteiger partial charge in [-0.05, 0) is 30.4 Å². The van der Waals surface area contributed by atoms with Crippen molar-refractivity contribution in [3.05, 3.63) is 44.4 Å². The molecule has 0 aliphatic rings. The molecule has 0 aliphatic carbocycles. The van der Waals surface area contributed by atoms with Crippen LogP contribution in [0.3, 0.4) is 0 Å². The highest BCUT2D eigenvalue weighted by molar-refractivity contribution is 7.71. The zero-order chi connectivity index (χ0) is 16.1. The second-order valence-electron chi connectivity index (χ2n) is 4.48. The van der Waals surface area contributed by atoms with Crippen molar-refractivity contribution < 1.29 is 9.84 Å². The first kappa shape index (κ1) is 16.7. The third-order valence-corrected chi connectivity index (χ3v) is 3.51. The molecule has 0 unspecified atom stereocenters. The molecular formula is C14H16ClN3O3S. The van der Waals surface area contributed by atoms with Crippen LogP contribution in [0.5, 0.6) is 5.75 Å². The van der Waals surface area contributed by atoms with Crippen LogP contribution in [0.15, 0.2) is 29.1 Å². The fourth-order valence-electron chi connectivity index (χ4n) is 2.08. The predicted octanol–water partition coefficient (Wildman–Crippen LogP) is 1.56. The Kier molecular flexibility index (Phi) is 5.73. The van der Waals surface area contributed by atoms with Crippen LogP contribution < -0.4 is 16.0 Å². The van der Waals surface area contributed by atoms with Crippen LogP contribution >= 0.6 is 23.8 Å². The van der Waals surface area contributed by atoms with Gasteiger partial charge in [0.1, 0.15) is 12.4 Å². The molecule has 2 rings (SSSR count). The van der Waals surface area contributed by atoms with Crippen molar-refractivity contribution in [1.29, 1.82) is 0 Å². The van der Waals surface area contributed by atoms with E-state index in [9.17, 15) is 4.79 Å². The largest absolute Gasteiger partial charge is 0.490 e. The van der Waals surface area contributed by atoms with Crippen molar-refractivity contribution in [2.45, 2.75) is 6.54 Å². The molecule has 0 spiro atoms. The summed E-state index contributed by atoms with van der Waals surface area (Å²) in [4.78, 5) is 14.3. The topological polar surface area (TPSA) is 93.3 Å². The normalized spacial score (nSPS) is 10.7. The fourth-order valence-corrected chi connectivity index (χ4v) is 2.54. The number of aliphatic hydroxyl groups excluding tert-OH is 1. The average molecular weight is 342 g/mol. The summed E-state index contributed by atoms with van der Waals surface area (Å²) < 4.78 is 7.50. The molecule has 0 amide bonds. The molecule has 0 bridgehead atoms. The Morgan fingerprint density at radius 2 is 2.18 bits per heavy atom. The number of H-pyrrole nitrogens is 1. The molecule has 1 heterocycles. The lowest BCUT2D eigenvalue weighted by molar-refractivity contribution is 0.202. The number of ether oxygens (including phenoxy) is 1. The van der Waals surface area contributed by atoms with E-state index in [4.69, 9.17) is 39.4 Å². The van der Waals surface area contributed by atoms with Crippen molar-refractivity contribution in [1.82, 2.24) is 9.55 Å². The Labute approximate surface area is 137 Å². The molecule has 4 N–H and O–H groups in total. The van der Waals surface area contributed by atoms with Crippen molar-refractivity contribution in [3.8, 4) is 17.0 Å². The molecule has 0 saturated carbocycles. The van der Waals surface area contributed by atoms with Crippen LogP contribution in [-0.2, 0) is 6.54 Å². The number of hydrogen-bond donors (Lipinski definition) is 3. The number of nitrogens with two attached hydrogens (primary N) is 1. The lowest BCUT2D eigenvalue weighted by atomic mass is 10.1. The molecule has 0 fully saturated rings.